The van der Waals surface area contributed by atoms with Gasteiger partial charge in [0.2, 0.25) is 11.8 Å². The van der Waals surface area contributed by atoms with E-state index in [0.717, 1.165) is 5.69 Å². The summed E-state index contributed by atoms with van der Waals surface area (Å²) in [4.78, 5) is 28.7. The third kappa shape index (κ3) is 6.10. The van der Waals surface area contributed by atoms with Crippen LogP contribution in [0.3, 0.4) is 0 Å². The Labute approximate surface area is 168 Å². The molecule has 1 fully saturated rings. The summed E-state index contributed by atoms with van der Waals surface area (Å²) < 4.78 is 11.1. The van der Waals surface area contributed by atoms with E-state index in [-0.39, 0.29) is 30.8 Å². The molecule has 2 aliphatic rings. The van der Waals surface area contributed by atoms with Gasteiger partial charge in [-0.15, -0.1) is 11.3 Å². The fourth-order valence-electron chi connectivity index (χ4n) is 3.32. The highest BCUT2D eigenvalue weighted by molar-refractivity contribution is 7.07. The van der Waals surface area contributed by atoms with Gasteiger partial charge in [-0.1, -0.05) is 12.2 Å². The molecule has 1 aromatic rings. The second kappa shape index (κ2) is 10.7. The van der Waals surface area contributed by atoms with Crippen LogP contribution < -0.4 is 10.6 Å². The molecule has 3 N–H and O–H groups in total. The Balaban J connectivity index is 1.44. The molecule has 0 bridgehead atoms. The summed E-state index contributed by atoms with van der Waals surface area (Å²) in [7, 11) is 0. The summed E-state index contributed by atoms with van der Waals surface area (Å²) in [5, 5.41) is 17.4. The molecule has 0 radical (unpaired) electrons. The number of rotatable bonds is 8. The first-order valence-electron chi connectivity index (χ1n) is 9.62. The van der Waals surface area contributed by atoms with Crippen LogP contribution in [0.25, 0.3) is 0 Å². The number of nitrogens with one attached hydrogen (secondary N) is 2. The van der Waals surface area contributed by atoms with Gasteiger partial charge in [-0.05, 0) is 12.8 Å². The number of carbonyl (C=O) groups is 2. The lowest BCUT2D eigenvalue weighted by molar-refractivity contribution is -0.132. The first kappa shape index (κ1) is 20.9. The molecule has 2 aliphatic heterocycles. The van der Waals surface area contributed by atoms with Crippen molar-refractivity contribution >= 4 is 23.2 Å². The van der Waals surface area contributed by atoms with Gasteiger partial charge in [0.05, 0.1) is 36.4 Å². The maximum atomic E-state index is 12.4. The third-order valence-corrected chi connectivity index (χ3v) is 5.57. The third-order valence-electron chi connectivity index (χ3n) is 4.94. The molecular formula is C19H27N3O5S. The minimum atomic E-state index is -0.568. The maximum absolute atomic E-state index is 12.4. The first-order chi connectivity index (χ1) is 13.7. The topological polar surface area (TPSA) is 110 Å². The Kier molecular flexibility index (Phi) is 7.96. The van der Waals surface area contributed by atoms with Crippen molar-refractivity contribution < 1.29 is 24.2 Å². The number of hydrogen-bond acceptors (Lipinski definition) is 7. The fraction of sp³-hybridized carbons (Fsp3) is 0.632. The number of aromatic nitrogens is 1. The monoisotopic (exact) mass is 409 g/mol. The molecule has 2 amide bonds. The van der Waals surface area contributed by atoms with Crippen LogP contribution in [-0.2, 0) is 25.5 Å². The fourth-order valence-corrected chi connectivity index (χ4v) is 3.92. The van der Waals surface area contributed by atoms with E-state index in [9.17, 15) is 14.7 Å². The molecule has 3 heterocycles. The van der Waals surface area contributed by atoms with Gasteiger partial charge in [0, 0.05) is 37.5 Å². The molecule has 1 aromatic heterocycles. The lowest BCUT2D eigenvalue weighted by atomic mass is 9.97. The molecule has 0 aromatic carbocycles. The van der Waals surface area contributed by atoms with Crippen molar-refractivity contribution in [3.63, 3.8) is 0 Å². The summed E-state index contributed by atoms with van der Waals surface area (Å²) >= 11 is 1.53. The number of amides is 2. The van der Waals surface area contributed by atoms with Gasteiger partial charge >= 0.3 is 0 Å². The van der Waals surface area contributed by atoms with Gasteiger partial charge in [0.25, 0.3) is 0 Å². The Morgan fingerprint density at radius 3 is 2.82 bits per heavy atom. The second-order valence-electron chi connectivity index (χ2n) is 6.99. The summed E-state index contributed by atoms with van der Waals surface area (Å²) in [6.07, 6.45) is 4.87. The van der Waals surface area contributed by atoms with Gasteiger partial charge in [0.15, 0.2) is 0 Å². The Morgan fingerprint density at radius 1 is 1.29 bits per heavy atom. The zero-order chi connectivity index (χ0) is 19.8. The van der Waals surface area contributed by atoms with Crippen LogP contribution in [0, 0.1) is 5.92 Å². The van der Waals surface area contributed by atoms with Crippen molar-refractivity contribution in [3.8, 4) is 0 Å². The van der Waals surface area contributed by atoms with Crippen molar-refractivity contribution in [2.75, 3.05) is 26.4 Å². The smallest absolute Gasteiger partial charge is 0.223 e. The Hall–Kier alpha value is -1.81. The van der Waals surface area contributed by atoms with Crippen LogP contribution >= 0.6 is 11.3 Å². The minimum absolute atomic E-state index is 0.0433. The highest BCUT2D eigenvalue weighted by atomic mass is 32.1. The van der Waals surface area contributed by atoms with Crippen molar-refractivity contribution in [1.29, 1.82) is 0 Å². The van der Waals surface area contributed by atoms with Crippen LogP contribution in [0.4, 0.5) is 0 Å². The van der Waals surface area contributed by atoms with Crippen LogP contribution in [-0.4, -0.2) is 66.5 Å². The van der Waals surface area contributed by atoms with E-state index in [1.807, 2.05) is 11.5 Å². The van der Waals surface area contributed by atoms with E-state index < -0.39 is 18.2 Å². The van der Waals surface area contributed by atoms with Crippen molar-refractivity contribution in [2.24, 2.45) is 5.92 Å². The molecule has 0 spiro atoms. The van der Waals surface area contributed by atoms with E-state index in [4.69, 9.17) is 9.47 Å². The molecule has 0 saturated carbocycles. The van der Waals surface area contributed by atoms with Crippen molar-refractivity contribution in [1.82, 2.24) is 15.6 Å². The Morgan fingerprint density at radius 2 is 2.11 bits per heavy atom. The van der Waals surface area contributed by atoms with Crippen molar-refractivity contribution in [2.45, 2.75) is 43.9 Å². The number of ether oxygens (including phenoxy) is 2. The molecule has 8 nitrogen and oxygen atoms in total. The highest BCUT2D eigenvalue weighted by Gasteiger charge is 2.31. The molecule has 9 heteroatoms. The molecule has 1 saturated heterocycles. The Bertz CT molecular complexity index is 661. The molecule has 154 valence electrons. The number of hydrogen-bond donors (Lipinski definition) is 3. The second-order valence-corrected chi connectivity index (χ2v) is 7.70. The molecule has 0 aliphatic carbocycles. The molecular weight excluding hydrogens is 382 g/mol. The van der Waals surface area contributed by atoms with Gasteiger partial charge in [0.1, 0.15) is 6.10 Å². The lowest BCUT2D eigenvalue weighted by Gasteiger charge is -2.33. The summed E-state index contributed by atoms with van der Waals surface area (Å²) in [5.74, 6) is -0.229. The van der Waals surface area contributed by atoms with Crippen LogP contribution in [0.2, 0.25) is 0 Å². The first-order valence-corrected chi connectivity index (χ1v) is 10.6. The highest BCUT2D eigenvalue weighted by Crippen LogP contribution is 2.19. The van der Waals surface area contributed by atoms with E-state index in [1.165, 1.54) is 11.3 Å². The van der Waals surface area contributed by atoms with Gasteiger partial charge in [-0.3, -0.25) is 9.59 Å². The average Bonchev–Trinajstić information content (AvgIpc) is 3.23. The predicted octanol–water partition coefficient (Wildman–Crippen LogP) is 0.419. The summed E-state index contributed by atoms with van der Waals surface area (Å²) in [5.41, 5.74) is 2.73. The SMILES string of the molecule is O=C(C[C@@H]1C=C[C@H](NC(=O)C2CCOCC2)[C@@H](CO)O1)NCCc1cscn1. The van der Waals surface area contributed by atoms with E-state index >= 15 is 0 Å². The maximum Gasteiger partial charge on any atom is 0.223 e. The largest absolute Gasteiger partial charge is 0.394 e. The predicted molar refractivity (Wildman–Crippen MR) is 104 cm³/mol. The van der Waals surface area contributed by atoms with Gasteiger partial charge < -0.3 is 25.2 Å². The summed E-state index contributed by atoms with van der Waals surface area (Å²) in [6.45, 7) is 1.48. The number of aliphatic hydroxyl groups is 1. The normalized spacial score (nSPS) is 25.4. The quantitative estimate of drug-likeness (QED) is 0.537. The van der Waals surface area contributed by atoms with Gasteiger partial charge in [-0.25, -0.2) is 4.98 Å². The summed E-state index contributed by atoms with van der Waals surface area (Å²) in [6, 6.07) is -0.399. The molecule has 3 atom stereocenters. The van der Waals surface area contributed by atoms with Crippen LogP contribution in [0.5, 0.6) is 0 Å². The standard InChI is InChI=1S/C19H27N3O5S/c23-10-17-16(22-19(25)13-4-7-26-8-5-13)2-1-15(27-17)9-18(24)20-6-3-14-11-28-12-21-14/h1-2,11-13,15-17,23H,3-10H2,(H,20,24)(H,22,25)/t15-,16-,17+/m0/s1. The molecule has 28 heavy (non-hydrogen) atoms. The average molecular weight is 410 g/mol. The van der Waals surface area contributed by atoms with Gasteiger partial charge in [-0.2, -0.15) is 0 Å². The lowest BCUT2D eigenvalue weighted by Crippen LogP contribution is -2.50. The van der Waals surface area contributed by atoms with E-state index in [2.05, 4.69) is 15.6 Å². The van der Waals surface area contributed by atoms with Crippen LogP contribution in [0.1, 0.15) is 25.0 Å². The molecule has 0 unspecified atom stereocenters. The number of nitrogens with zero attached hydrogens (tertiary/aromatic N) is 1. The number of carbonyl (C=O) groups excluding carboxylic acids is 2. The van der Waals surface area contributed by atoms with Crippen molar-refractivity contribution in [3.05, 3.63) is 28.7 Å². The zero-order valence-electron chi connectivity index (χ0n) is 15.7. The molecule has 3 rings (SSSR count). The number of thiazole rings is 1. The zero-order valence-corrected chi connectivity index (χ0v) is 16.5. The number of aliphatic hydroxyl groups excluding tert-OH is 1. The van der Waals surface area contributed by atoms with E-state index in [0.29, 0.717) is 39.0 Å². The minimum Gasteiger partial charge on any atom is -0.394 e. The van der Waals surface area contributed by atoms with E-state index in [1.54, 1.807) is 11.6 Å². The van der Waals surface area contributed by atoms with Crippen LogP contribution in [0.15, 0.2) is 23.0 Å².